The predicted octanol–water partition coefficient (Wildman–Crippen LogP) is 5.17. The zero-order valence-corrected chi connectivity index (χ0v) is 19.5. The molecule has 0 bridgehead atoms. The number of anilines is 3. The van der Waals surface area contributed by atoms with Crippen LogP contribution in [0.15, 0.2) is 72.8 Å². The van der Waals surface area contributed by atoms with Crippen molar-refractivity contribution in [1.29, 1.82) is 0 Å². The number of aryl methyl sites for hydroxylation is 1. The highest BCUT2D eigenvalue weighted by Crippen LogP contribution is 2.17. The van der Waals surface area contributed by atoms with E-state index in [0.717, 1.165) is 5.56 Å². The van der Waals surface area contributed by atoms with E-state index in [0.29, 0.717) is 22.6 Å². The molecule has 0 heterocycles. The second kappa shape index (κ2) is 12.2. The third-order valence-electron chi connectivity index (χ3n) is 4.93. The second-order valence-electron chi connectivity index (χ2n) is 7.61. The number of benzene rings is 3. The summed E-state index contributed by atoms with van der Waals surface area (Å²) in [6, 6.07) is 18.3. The molecule has 0 spiro atoms. The minimum atomic E-state index is -0.480. The van der Waals surface area contributed by atoms with Crippen LogP contribution >= 0.6 is 0 Å². The van der Waals surface area contributed by atoms with E-state index in [1.54, 1.807) is 37.3 Å². The number of nitrogens with zero attached hydrogens (tertiary/aromatic N) is 1. The SMILES string of the molecule is CCOC(=O)c1ccc(NC(=O)NCCN(C(=O)Nc2cccc(C)c2)c2ccc(F)cc2)cc1. The molecular weight excluding hydrogens is 451 g/mol. The number of rotatable bonds is 8. The lowest BCUT2D eigenvalue weighted by atomic mass is 10.2. The van der Waals surface area contributed by atoms with E-state index in [4.69, 9.17) is 4.74 Å². The third kappa shape index (κ3) is 7.56. The number of amides is 4. The van der Waals surface area contributed by atoms with Crippen LogP contribution in [0.1, 0.15) is 22.8 Å². The monoisotopic (exact) mass is 478 g/mol. The maximum Gasteiger partial charge on any atom is 0.338 e. The van der Waals surface area contributed by atoms with Crippen molar-refractivity contribution in [2.24, 2.45) is 0 Å². The summed E-state index contributed by atoms with van der Waals surface area (Å²) >= 11 is 0. The van der Waals surface area contributed by atoms with Crippen molar-refractivity contribution in [3.8, 4) is 0 Å². The van der Waals surface area contributed by atoms with Gasteiger partial charge in [0.2, 0.25) is 0 Å². The molecule has 0 aliphatic carbocycles. The topological polar surface area (TPSA) is 99.8 Å². The maximum atomic E-state index is 13.4. The normalized spacial score (nSPS) is 10.3. The number of hydrogen-bond acceptors (Lipinski definition) is 4. The molecular formula is C26H27FN4O4. The summed E-state index contributed by atoms with van der Waals surface area (Å²) in [7, 11) is 0. The number of nitrogens with one attached hydrogen (secondary N) is 3. The number of halogens is 1. The van der Waals surface area contributed by atoms with E-state index in [-0.39, 0.29) is 19.7 Å². The molecule has 9 heteroatoms. The molecule has 3 rings (SSSR count). The Morgan fingerprint density at radius 2 is 1.63 bits per heavy atom. The van der Waals surface area contributed by atoms with Crippen LogP contribution in [0.2, 0.25) is 0 Å². The smallest absolute Gasteiger partial charge is 0.338 e. The van der Waals surface area contributed by atoms with E-state index in [1.807, 2.05) is 25.1 Å². The van der Waals surface area contributed by atoms with E-state index in [2.05, 4.69) is 16.0 Å². The molecule has 0 unspecified atom stereocenters. The molecule has 3 N–H and O–H groups in total. The van der Waals surface area contributed by atoms with Crippen LogP contribution in [0.4, 0.5) is 31.0 Å². The number of hydrogen-bond donors (Lipinski definition) is 3. The molecule has 0 saturated carbocycles. The lowest BCUT2D eigenvalue weighted by Crippen LogP contribution is -2.42. The molecule has 182 valence electrons. The van der Waals surface area contributed by atoms with Gasteiger partial charge in [0.1, 0.15) is 5.82 Å². The standard InChI is InChI=1S/C26H27FN4O4/c1-3-35-24(32)19-7-11-21(12-8-19)29-25(33)28-15-16-31(23-13-9-20(27)10-14-23)26(34)30-22-6-4-5-18(2)17-22/h4-14,17H,3,15-16H2,1-2H3,(H,30,34)(H2,28,29,33). The van der Waals surface area contributed by atoms with Crippen LogP contribution in [0, 0.1) is 12.7 Å². The van der Waals surface area contributed by atoms with Gasteiger partial charge in [-0.25, -0.2) is 18.8 Å². The summed E-state index contributed by atoms with van der Waals surface area (Å²) in [4.78, 5) is 38.4. The molecule has 3 aromatic rings. The summed E-state index contributed by atoms with van der Waals surface area (Å²) in [6.45, 7) is 4.19. The fraction of sp³-hybridized carbons (Fsp3) is 0.192. The van der Waals surface area contributed by atoms with Crippen molar-refractivity contribution in [1.82, 2.24) is 5.32 Å². The Hall–Kier alpha value is -4.40. The molecule has 3 aromatic carbocycles. The van der Waals surface area contributed by atoms with Gasteiger partial charge in [0.15, 0.2) is 0 Å². The first-order valence-corrected chi connectivity index (χ1v) is 11.1. The van der Waals surface area contributed by atoms with Crippen molar-refractivity contribution < 1.29 is 23.5 Å². The van der Waals surface area contributed by atoms with Crippen molar-refractivity contribution in [3.63, 3.8) is 0 Å². The largest absolute Gasteiger partial charge is 0.462 e. The molecule has 4 amide bonds. The number of carbonyl (C=O) groups is 3. The van der Waals surface area contributed by atoms with Gasteiger partial charge in [0.05, 0.1) is 12.2 Å². The maximum absolute atomic E-state index is 13.4. The summed E-state index contributed by atoms with van der Waals surface area (Å²) < 4.78 is 18.3. The van der Waals surface area contributed by atoms with Crippen molar-refractivity contribution in [3.05, 3.63) is 89.7 Å². The van der Waals surface area contributed by atoms with Gasteiger partial charge in [-0.05, 0) is 80.1 Å². The molecule has 0 saturated heterocycles. The van der Waals surface area contributed by atoms with E-state index >= 15 is 0 Å². The Bertz CT molecular complexity index is 1170. The molecule has 35 heavy (non-hydrogen) atoms. The summed E-state index contributed by atoms with van der Waals surface area (Å²) in [5, 5.41) is 8.18. The molecule has 0 fully saturated rings. The Morgan fingerprint density at radius 3 is 2.29 bits per heavy atom. The van der Waals surface area contributed by atoms with Gasteiger partial charge < -0.3 is 20.7 Å². The second-order valence-corrected chi connectivity index (χ2v) is 7.61. The van der Waals surface area contributed by atoms with E-state index in [1.165, 1.54) is 29.2 Å². The lowest BCUT2D eigenvalue weighted by molar-refractivity contribution is 0.0526. The summed E-state index contributed by atoms with van der Waals surface area (Å²) in [5.74, 6) is -0.854. The molecule has 8 nitrogen and oxygen atoms in total. The van der Waals surface area contributed by atoms with Gasteiger partial charge in [0.25, 0.3) is 0 Å². The van der Waals surface area contributed by atoms with Gasteiger partial charge in [-0.2, -0.15) is 0 Å². The van der Waals surface area contributed by atoms with Crippen molar-refractivity contribution in [2.75, 3.05) is 35.2 Å². The Balaban J connectivity index is 1.59. The van der Waals surface area contributed by atoms with Crippen molar-refractivity contribution >= 4 is 35.1 Å². The number of carbonyl (C=O) groups excluding carboxylic acids is 3. The highest BCUT2D eigenvalue weighted by atomic mass is 19.1. The zero-order chi connectivity index (χ0) is 25.2. The van der Waals surface area contributed by atoms with Crippen LogP contribution in [-0.4, -0.2) is 37.7 Å². The van der Waals surface area contributed by atoms with Crippen LogP contribution in [0.25, 0.3) is 0 Å². The quantitative estimate of drug-likeness (QED) is 0.389. The fourth-order valence-corrected chi connectivity index (χ4v) is 3.24. The van der Waals surface area contributed by atoms with Crippen LogP contribution in [0.5, 0.6) is 0 Å². The average molecular weight is 479 g/mol. The minimum Gasteiger partial charge on any atom is -0.462 e. The molecule has 0 aliphatic rings. The molecule has 0 aromatic heterocycles. The van der Waals surface area contributed by atoms with Gasteiger partial charge in [-0.3, -0.25) is 4.90 Å². The Kier molecular flexibility index (Phi) is 8.77. The van der Waals surface area contributed by atoms with Gasteiger partial charge in [0, 0.05) is 30.2 Å². The Labute approximate surface area is 203 Å². The van der Waals surface area contributed by atoms with E-state index in [9.17, 15) is 18.8 Å². The highest BCUT2D eigenvalue weighted by Gasteiger charge is 2.17. The van der Waals surface area contributed by atoms with E-state index < -0.39 is 23.8 Å². The minimum absolute atomic E-state index is 0.130. The van der Waals surface area contributed by atoms with Crippen molar-refractivity contribution in [2.45, 2.75) is 13.8 Å². The van der Waals surface area contributed by atoms with Crippen LogP contribution < -0.4 is 20.9 Å². The average Bonchev–Trinajstić information content (AvgIpc) is 2.83. The number of esters is 1. The first-order valence-electron chi connectivity index (χ1n) is 11.1. The summed E-state index contributed by atoms with van der Waals surface area (Å²) in [6.07, 6.45) is 0. The predicted molar refractivity (Wildman–Crippen MR) is 133 cm³/mol. The number of ether oxygens (including phenoxy) is 1. The fourth-order valence-electron chi connectivity index (χ4n) is 3.24. The molecule has 0 atom stereocenters. The van der Waals surface area contributed by atoms with Crippen LogP contribution in [-0.2, 0) is 4.74 Å². The van der Waals surface area contributed by atoms with Gasteiger partial charge >= 0.3 is 18.0 Å². The molecule has 0 radical (unpaired) electrons. The highest BCUT2D eigenvalue weighted by molar-refractivity contribution is 6.02. The van der Waals surface area contributed by atoms with Gasteiger partial charge in [-0.15, -0.1) is 0 Å². The van der Waals surface area contributed by atoms with Gasteiger partial charge in [-0.1, -0.05) is 12.1 Å². The lowest BCUT2D eigenvalue weighted by Gasteiger charge is -2.23. The molecule has 0 aliphatic heterocycles. The Morgan fingerprint density at radius 1 is 0.914 bits per heavy atom. The first-order chi connectivity index (χ1) is 16.9. The van der Waals surface area contributed by atoms with Crippen LogP contribution in [0.3, 0.4) is 0 Å². The first kappa shape index (κ1) is 25.2. The third-order valence-corrected chi connectivity index (χ3v) is 4.93. The zero-order valence-electron chi connectivity index (χ0n) is 19.5. The number of urea groups is 2. The summed E-state index contributed by atoms with van der Waals surface area (Å²) in [5.41, 5.74) is 2.97.